The van der Waals surface area contributed by atoms with Crippen molar-refractivity contribution in [2.24, 2.45) is 5.92 Å². The number of hydrogen-bond acceptors (Lipinski definition) is 9. The number of nitrogens with one attached hydrogen (secondary N) is 1. The van der Waals surface area contributed by atoms with E-state index in [0.29, 0.717) is 29.5 Å². The van der Waals surface area contributed by atoms with Crippen LogP contribution in [-0.4, -0.2) is 45.9 Å². The summed E-state index contributed by atoms with van der Waals surface area (Å²) in [6.45, 7) is 13.7. The third-order valence-corrected chi connectivity index (χ3v) is 9.94. The van der Waals surface area contributed by atoms with Gasteiger partial charge in [0, 0.05) is 17.4 Å². The first-order valence-corrected chi connectivity index (χ1v) is 17.4. The van der Waals surface area contributed by atoms with Crippen molar-refractivity contribution < 1.29 is 27.9 Å². The van der Waals surface area contributed by atoms with Gasteiger partial charge in [-0.25, -0.2) is 14.5 Å². The Morgan fingerprint density at radius 2 is 1.66 bits per heavy atom. The fraction of sp³-hybridized carbons (Fsp3) is 0.400. The Balaban J connectivity index is 1.62. The molecule has 5 aromatic rings. The molecule has 5 rings (SSSR count). The summed E-state index contributed by atoms with van der Waals surface area (Å²) < 4.78 is 40.8. The second-order valence-corrected chi connectivity index (χ2v) is 14.1. The van der Waals surface area contributed by atoms with Crippen molar-refractivity contribution in [2.75, 3.05) is 18.9 Å². The zero-order valence-corrected chi connectivity index (χ0v) is 28.9. The number of rotatable bonds is 14. The molecular weight excluding hydrogens is 617 g/mol. The molecule has 0 saturated carbocycles. The van der Waals surface area contributed by atoms with Crippen molar-refractivity contribution >= 4 is 52.2 Å². The summed E-state index contributed by atoms with van der Waals surface area (Å²) in [6.07, 6.45) is -0.356. The van der Waals surface area contributed by atoms with Crippen LogP contribution in [0.15, 0.2) is 66.7 Å². The van der Waals surface area contributed by atoms with Crippen LogP contribution in [-0.2, 0) is 35.5 Å². The van der Waals surface area contributed by atoms with Gasteiger partial charge in [0.1, 0.15) is 29.7 Å². The number of anilines is 1. The van der Waals surface area contributed by atoms with E-state index >= 15 is 0 Å². The molecule has 0 spiro atoms. The average Bonchev–Trinajstić information content (AvgIpc) is 3.43. The third kappa shape index (κ3) is 7.13. The van der Waals surface area contributed by atoms with E-state index in [1.54, 1.807) is 26.8 Å². The first kappa shape index (κ1) is 34.3. The van der Waals surface area contributed by atoms with Gasteiger partial charge in [0.2, 0.25) is 0 Å². The molecule has 0 saturated heterocycles. The van der Waals surface area contributed by atoms with E-state index in [1.165, 1.54) is 0 Å². The zero-order valence-electron chi connectivity index (χ0n) is 28.0. The zero-order chi connectivity index (χ0) is 33.9. The minimum absolute atomic E-state index is 0.0808. The molecule has 3 aromatic carbocycles. The highest BCUT2D eigenvalue weighted by Crippen LogP contribution is 2.49. The van der Waals surface area contributed by atoms with E-state index in [2.05, 4.69) is 28.5 Å². The van der Waals surface area contributed by atoms with E-state index in [9.17, 15) is 9.36 Å². The second-order valence-electron chi connectivity index (χ2n) is 12.4. The SMILES string of the molecule is CCOCc1nc2c(N)nc3ccccc3c2n1[C@@](C)(COP(=O)(N[C@@H](C)C(=O)OC(C)C)Oc1cccc2ccccc12)C(C)C. The van der Waals surface area contributed by atoms with Gasteiger partial charge in [0.15, 0.2) is 5.82 Å². The highest BCUT2D eigenvalue weighted by Gasteiger charge is 2.41. The summed E-state index contributed by atoms with van der Waals surface area (Å²) in [5.41, 5.74) is 7.64. The third-order valence-electron chi connectivity index (χ3n) is 8.33. The topological polar surface area (TPSA) is 140 Å². The standard InChI is InChI=1S/C35H44N5O6P/c1-8-43-20-30-38-31-32(27-17-11-12-18-28(27)37-33(31)36)40(30)35(7,22(2)3)21-44-47(42,39-24(6)34(41)45-23(4)5)46-29-19-13-15-25-14-9-10-16-26(25)29/h9-19,22-24H,8,20-21H2,1-7H3,(H2,36,37)(H,39,42)/t24-,35-,47?/m0/s1. The second kappa shape index (κ2) is 14.0. The molecule has 11 nitrogen and oxygen atoms in total. The molecule has 12 heteroatoms. The summed E-state index contributed by atoms with van der Waals surface area (Å²) in [5, 5.41) is 5.36. The van der Waals surface area contributed by atoms with E-state index in [0.717, 1.165) is 27.2 Å². The maximum atomic E-state index is 14.8. The maximum Gasteiger partial charge on any atom is 0.459 e. The highest BCUT2D eigenvalue weighted by molar-refractivity contribution is 7.52. The maximum absolute atomic E-state index is 14.8. The van der Waals surface area contributed by atoms with Crippen LogP contribution in [0.3, 0.4) is 0 Å². The van der Waals surface area contributed by atoms with E-state index in [4.69, 9.17) is 29.2 Å². The Bertz CT molecular complexity index is 1940. The molecule has 1 unspecified atom stereocenters. The van der Waals surface area contributed by atoms with E-state index in [1.807, 2.05) is 74.5 Å². The fourth-order valence-electron chi connectivity index (χ4n) is 5.51. The molecule has 0 fully saturated rings. The molecule has 0 bridgehead atoms. The molecule has 0 aliphatic carbocycles. The monoisotopic (exact) mass is 661 g/mol. The molecule has 0 amide bonds. The molecule has 0 aliphatic rings. The number of nitrogens with zero attached hydrogens (tertiary/aromatic N) is 3. The summed E-state index contributed by atoms with van der Waals surface area (Å²) in [5.74, 6) is 0.614. The van der Waals surface area contributed by atoms with Gasteiger partial charge < -0.3 is 24.3 Å². The molecule has 250 valence electrons. The van der Waals surface area contributed by atoms with Crippen LogP contribution in [0.25, 0.3) is 32.7 Å². The predicted octanol–water partition coefficient (Wildman–Crippen LogP) is 7.36. The number of pyridine rings is 1. The highest BCUT2D eigenvalue weighted by atomic mass is 31.2. The predicted molar refractivity (Wildman–Crippen MR) is 185 cm³/mol. The van der Waals surface area contributed by atoms with Crippen LogP contribution in [0.1, 0.15) is 54.3 Å². The Labute approximate surface area is 275 Å². The van der Waals surface area contributed by atoms with Crippen molar-refractivity contribution in [3.05, 3.63) is 72.6 Å². The number of nitrogen functional groups attached to an aromatic ring is 1. The van der Waals surface area contributed by atoms with Crippen LogP contribution >= 0.6 is 7.75 Å². The largest absolute Gasteiger partial charge is 0.462 e. The Hall–Kier alpha value is -4.02. The molecule has 47 heavy (non-hydrogen) atoms. The van der Waals surface area contributed by atoms with Gasteiger partial charge in [-0.3, -0.25) is 9.32 Å². The molecule has 3 N–H and O–H groups in total. The van der Waals surface area contributed by atoms with Gasteiger partial charge in [-0.2, -0.15) is 5.09 Å². The number of benzene rings is 3. The van der Waals surface area contributed by atoms with Crippen LogP contribution in [0, 0.1) is 5.92 Å². The van der Waals surface area contributed by atoms with Crippen molar-refractivity contribution in [1.82, 2.24) is 19.6 Å². The minimum atomic E-state index is -4.24. The van der Waals surface area contributed by atoms with Crippen molar-refractivity contribution in [3.63, 3.8) is 0 Å². The first-order valence-electron chi connectivity index (χ1n) is 15.9. The number of para-hydroxylation sites is 1. The number of esters is 1. The molecule has 0 radical (unpaired) electrons. The Kier molecular flexibility index (Phi) is 10.2. The Morgan fingerprint density at radius 3 is 2.36 bits per heavy atom. The minimum Gasteiger partial charge on any atom is -0.462 e. The number of nitrogens with two attached hydrogens (primary N) is 1. The lowest BCUT2D eigenvalue weighted by Gasteiger charge is -2.38. The van der Waals surface area contributed by atoms with E-state index < -0.39 is 25.3 Å². The number of hydrogen-bond donors (Lipinski definition) is 2. The average molecular weight is 662 g/mol. The van der Waals surface area contributed by atoms with Gasteiger partial charge >= 0.3 is 13.7 Å². The van der Waals surface area contributed by atoms with Crippen LogP contribution < -0.4 is 15.3 Å². The number of imidazole rings is 1. The lowest BCUT2D eigenvalue weighted by atomic mass is 9.88. The summed E-state index contributed by atoms with van der Waals surface area (Å²) in [6, 6.07) is 19.8. The van der Waals surface area contributed by atoms with Gasteiger partial charge in [0.25, 0.3) is 0 Å². The molecule has 0 aliphatic heterocycles. The van der Waals surface area contributed by atoms with Crippen LogP contribution in [0.4, 0.5) is 5.82 Å². The number of ether oxygens (including phenoxy) is 2. The molecule has 2 aromatic heterocycles. The molecule has 2 heterocycles. The van der Waals surface area contributed by atoms with Crippen LogP contribution in [0.2, 0.25) is 0 Å². The summed E-state index contributed by atoms with van der Waals surface area (Å²) >= 11 is 0. The first-order chi connectivity index (χ1) is 22.4. The van der Waals surface area contributed by atoms with Gasteiger partial charge in [-0.15, -0.1) is 0 Å². The lowest BCUT2D eigenvalue weighted by Crippen LogP contribution is -2.43. The number of fused-ring (bicyclic) bond motifs is 4. The van der Waals surface area contributed by atoms with Gasteiger partial charge in [0.05, 0.1) is 29.3 Å². The molecule has 3 atom stereocenters. The normalized spacial score (nSPS) is 15.3. The van der Waals surface area contributed by atoms with Crippen molar-refractivity contribution in [1.29, 1.82) is 0 Å². The van der Waals surface area contributed by atoms with E-state index in [-0.39, 0.29) is 25.2 Å². The lowest BCUT2D eigenvalue weighted by molar-refractivity contribution is -0.149. The van der Waals surface area contributed by atoms with Crippen molar-refractivity contribution in [2.45, 2.75) is 72.8 Å². The van der Waals surface area contributed by atoms with Gasteiger partial charge in [-0.1, -0.05) is 68.4 Å². The van der Waals surface area contributed by atoms with Gasteiger partial charge in [-0.05, 0) is 58.1 Å². The smallest absolute Gasteiger partial charge is 0.459 e. The molecular formula is C35H44N5O6P. The fourth-order valence-corrected chi connectivity index (χ4v) is 7.12. The number of carbonyl (C=O) groups excluding carboxylic acids is 1. The van der Waals surface area contributed by atoms with Crippen LogP contribution in [0.5, 0.6) is 5.75 Å². The Morgan fingerprint density at radius 1 is 0.979 bits per heavy atom. The van der Waals surface area contributed by atoms with Crippen molar-refractivity contribution in [3.8, 4) is 5.75 Å². The summed E-state index contributed by atoms with van der Waals surface area (Å²) in [7, 11) is -4.24. The summed E-state index contributed by atoms with van der Waals surface area (Å²) in [4.78, 5) is 22.4. The quantitative estimate of drug-likeness (QED) is 0.0916. The number of carbonyl (C=O) groups is 1. The number of aromatic nitrogens is 3.